The fourth-order valence-electron chi connectivity index (χ4n) is 5.45. The highest BCUT2D eigenvalue weighted by Gasteiger charge is 2.41. The van der Waals surface area contributed by atoms with E-state index >= 15 is 0 Å². The number of ether oxygens (including phenoxy) is 1. The molecule has 10 heteroatoms. The lowest BCUT2D eigenvalue weighted by molar-refractivity contribution is -0.384. The summed E-state index contributed by atoms with van der Waals surface area (Å²) in [4.78, 5) is 18.1. The van der Waals surface area contributed by atoms with Gasteiger partial charge in [-0.05, 0) is 74.4 Å². The number of hydrogen-bond donors (Lipinski definition) is 2. The van der Waals surface area contributed by atoms with Crippen LogP contribution in [0, 0.1) is 24.0 Å². The van der Waals surface area contributed by atoms with Crippen molar-refractivity contribution in [3.05, 3.63) is 112 Å². The molecule has 206 valence electrons. The number of benzene rings is 2. The maximum atomic E-state index is 11.6. The van der Waals surface area contributed by atoms with E-state index in [4.69, 9.17) is 17.0 Å². The average Bonchev–Trinajstić information content (AvgIpc) is 3.45. The van der Waals surface area contributed by atoms with Crippen molar-refractivity contribution in [1.82, 2.24) is 19.8 Å². The molecule has 3 heterocycles. The number of para-hydroxylation sites is 1. The minimum atomic E-state index is -0.389. The maximum absolute atomic E-state index is 11.6. The molecule has 2 atom stereocenters. The summed E-state index contributed by atoms with van der Waals surface area (Å²) in [5.41, 5.74) is 5.59. The molecule has 40 heavy (non-hydrogen) atoms. The predicted octanol–water partition coefficient (Wildman–Crippen LogP) is 5.88. The first kappa shape index (κ1) is 27.1. The van der Waals surface area contributed by atoms with Crippen molar-refractivity contribution >= 4 is 28.7 Å². The van der Waals surface area contributed by atoms with Crippen molar-refractivity contribution < 1.29 is 9.66 Å². The fraction of sp³-hybridized carbons (Fsp3) is 0.267. The molecule has 5 rings (SSSR count). The lowest BCUT2D eigenvalue weighted by Gasteiger charge is -2.28. The van der Waals surface area contributed by atoms with E-state index in [9.17, 15) is 10.1 Å². The Bertz CT molecular complexity index is 1510. The molecule has 1 saturated heterocycles. The van der Waals surface area contributed by atoms with Crippen LogP contribution in [0.15, 0.2) is 79.0 Å². The molecular formula is C30H32N6O3S. The van der Waals surface area contributed by atoms with Crippen LogP contribution < -0.4 is 15.4 Å². The van der Waals surface area contributed by atoms with Gasteiger partial charge in [0.25, 0.3) is 5.69 Å². The van der Waals surface area contributed by atoms with E-state index in [1.165, 1.54) is 6.07 Å². The smallest absolute Gasteiger partial charge is 0.271 e. The van der Waals surface area contributed by atoms with Crippen LogP contribution in [0.4, 0.5) is 11.4 Å². The number of anilines is 1. The van der Waals surface area contributed by atoms with Gasteiger partial charge in [-0.3, -0.25) is 15.1 Å². The molecule has 1 fully saturated rings. The minimum Gasteiger partial charge on any atom is -0.495 e. The monoisotopic (exact) mass is 556 g/mol. The number of hydrogen-bond acceptors (Lipinski definition) is 6. The SMILES string of the molecule is COc1ccc([N+](=O)[O-])cc1-n1c(C)cc([C@H]2[C@@H](c3ccccn3)NC(=S)N2CCCNc2ccccc2)c1C. The van der Waals surface area contributed by atoms with Gasteiger partial charge in [-0.25, -0.2) is 0 Å². The Balaban J connectivity index is 1.51. The molecule has 0 amide bonds. The number of rotatable bonds is 10. The number of pyridine rings is 1. The summed E-state index contributed by atoms with van der Waals surface area (Å²) in [6.07, 6.45) is 2.67. The maximum Gasteiger partial charge on any atom is 0.271 e. The molecule has 0 radical (unpaired) electrons. The average molecular weight is 557 g/mol. The number of nitro groups is 1. The molecule has 0 unspecified atom stereocenters. The van der Waals surface area contributed by atoms with Crippen LogP contribution in [0.3, 0.4) is 0 Å². The second kappa shape index (κ2) is 11.7. The van der Waals surface area contributed by atoms with Gasteiger partial charge in [0.2, 0.25) is 0 Å². The van der Waals surface area contributed by atoms with Crippen LogP contribution in [0.2, 0.25) is 0 Å². The second-order valence-corrected chi connectivity index (χ2v) is 10.1. The molecular weight excluding hydrogens is 524 g/mol. The minimum absolute atomic E-state index is 0.00691. The van der Waals surface area contributed by atoms with Crippen LogP contribution in [-0.2, 0) is 0 Å². The Morgan fingerprint density at radius 3 is 2.58 bits per heavy atom. The topological polar surface area (TPSA) is 97.5 Å². The zero-order valence-corrected chi connectivity index (χ0v) is 23.5. The molecule has 1 aliphatic rings. The van der Waals surface area contributed by atoms with E-state index in [1.54, 1.807) is 25.4 Å². The van der Waals surface area contributed by atoms with Gasteiger partial charge in [-0.15, -0.1) is 0 Å². The first-order valence-corrected chi connectivity index (χ1v) is 13.6. The Labute approximate surface area is 239 Å². The van der Waals surface area contributed by atoms with Crippen molar-refractivity contribution in [3.8, 4) is 11.4 Å². The van der Waals surface area contributed by atoms with Gasteiger partial charge in [0.05, 0.1) is 35.5 Å². The van der Waals surface area contributed by atoms with Crippen LogP contribution >= 0.6 is 12.2 Å². The Morgan fingerprint density at radius 1 is 1.10 bits per heavy atom. The van der Waals surface area contributed by atoms with Gasteiger partial charge >= 0.3 is 0 Å². The van der Waals surface area contributed by atoms with Gasteiger partial charge in [-0.2, -0.15) is 0 Å². The zero-order chi connectivity index (χ0) is 28.2. The highest BCUT2D eigenvalue weighted by Crippen LogP contribution is 2.42. The molecule has 0 bridgehead atoms. The van der Waals surface area contributed by atoms with Crippen LogP contribution in [0.25, 0.3) is 5.69 Å². The Hall–Kier alpha value is -4.44. The number of nitro benzene ring substituents is 1. The zero-order valence-electron chi connectivity index (χ0n) is 22.7. The fourth-order valence-corrected chi connectivity index (χ4v) is 5.78. The summed E-state index contributed by atoms with van der Waals surface area (Å²) >= 11 is 5.86. The van der Waals surface area contributed by atoms with Crippen molar-refractivity contribution in [2.75, 3.05) is 25.5 Å². The van der Waals surface area contributed by atoms with E-state index in [1.807, 2.05) is 54.8 Å². The number of aromatic nitrogens is 2. The molecule has 9 nitrogen and oxygen atoms in total. The van der Waals surface area contributed by atoms with Crippen molar-refractivity contribution in [2.24, 2.45) is 0 Å². The standard InChI is InChI=1S/C30H32N6O3S/c1-20-18-24(21(2)35(20)26-19-23(36(37)38)13-14-27(26)39-3)29-28(25-12-7-8-15-32-25)33-30(40)34(29)17-9-16-31-22-10-5-4-6-11-22/h4-8,10-15,18-19,28-29,31H,9,16-17H2,1-3H3,(H,33,40)/t28-,29+/m1/s1. The van der Waals surface area contributed by atoms with Crippen molar-refractivity contribution in [3.63, 3.8) is 0 Å². The summed E-state index contributed by atoms with van der Waals surface area (Å²) in [6.45, 7) is 5.57. The van der Waals surface area contributed by atoms with Gasteiger partial charge in [-0.1, -0.05) is 24.3 Å². The molecule has 2 aromatic heterocycles. The van der Waals surface area contributed by atoms with Crippen LogP contribution in [0.1, 0.15) is 41.1 Å². The summed E-state index contributed by atoms with van der Waals surface area (Å²) in [7, 11) is 1.57. The Kier molecular flexibility index (Phi) is 7.97. The number of nitrogens with zero attached hydrogens (tertiary/aromatic N) is 4. The summed E-state index contributed by atoms with van der Waals surface area (Å²) in [5.74, 6) is 0.559. The molecule has 0 aliphatic carbocycles. The third-order valence-electron chi connectivity index (χ3n) is 7.28. The van der Waals surface area contributed by atoms with Crippen LogP contribution in [0.5, 0.6) is 5.75 Å². The highest BCUT2D eigenvalue weighted by atomic mass is 32.1. The number of non-ortho nitro benzene ring substituents is 1. The van der Waals surface area contributed by atoms with E-state index < -0.39 is 0 Å². The third kappa shape index (κ3) is 5.35. The first-order chi connectivity index (χ1) is 19.4. The normalized spacial score (nSPS) is 16.6. The molecule has 2 aromatic carbocycles. The van der Waals surface area contributed by atoms with Gasteiger partial charge in [0.1, 0.15) is 5.75 Å². The van der Waals surface area contributed by atoms with E-state index in [0.717, 1.165) is 47.8 Å². The van der Waals surface area contributed by atoms with Crippen molar-refractivity contribution in [2.45, 2.75) is 32.4 Å². The van der Waals surface area contributed by atoms with Gasteiger partial charge in [0.15, 0.2) is 5.11 Å². The highest BCUT2D eigenvalue weighted by molar-refractivity contribution is 7.80. The summed E-state index contributed by atoms with van der Waals surface area (Å²) in [6, 6.07) is 22.6. The van der Waals surface area contributed by atoms with Crippen molar-refractivity contribution in [1.29, 1.82) is 0 Å². The molecule has 2 N–H and O–H groups in total. The molecule has 1 aliphatic heterocycles. The largest absolute Gasteiger partial charge is 0.495 e. The molecule has 0 spiro atoms. The molecule has 4 aromatic rings. The number of aryl methyl sites for hydroxylation is 1. The second-order valence-electron chi connectivity index (χ2n) is 9.74. The Morgan fingerprint density at radius 2 is 1.88 bits per heavy atom. The number of nitrogens with one attached hydrogen (secondary N) is 2. The van der Waals surface area contributed by atoms with Gasteiger partial charge in [0, 0.05) is 48.5 Å². The van der Waals surface area contributed by atoms with E-state index in [2.05, 4.69) is 38.7 Å². The molecule has 0 saturated carbocycles. The lowest BCUT2D eigenvalue weighted by Crippen LogP contribution is -2.31. The van der Waals surface area contributed by atoms with E-state index in [0.29, 0.717) is 16.5 Å². The van der Waals surface area contributed by atoms with E-state index in [-0.39, 0.29) is 22.7 Å². The van der Waals surface area contributed by atoms with Gasteiger partial charge < -0.3 is 24.8 Å². The number of methoxy groups -OCH3 is 1. The third-order valence-corrected chi connectivity index (χ3v) is 7.63. The summed E-state index contributed by atoms with van der Waals surface area (Å²) in [5, 5.41) is 19.3. The predicted molar refractivity (Wildman–Crippen MR) is 160 cm³/mol. The lowest BCUT2D eigenvalue weighted by atomic mass is 9.96. The quantitative estimate of drug-likeness (QED) is 0.108. The first-order valence-electron chi connectivity index (χ1n) is 13.2. The van der Waals surface area contributed by atoms with Crippen LogP contribution in [-0.4, -0.2) is 44.7 Å². The number of thiocarbonyl (C=S) groups is 1. The summed E-state index contributed by atoms with van der Waals surface area (Å²) < 4.78 is 7.63.